The van der Waals surface area contributed by atoms with Crippen LogP contribution in [0.5, 0.6) is 0 Å². The number of amides is 2. The Hall–Kier alpha value is -2.41. The van der Waals surface area contributed by atoms with Crippen molar-refractivity contribution in [3.63, 3.8) is 0 Å². The fraction of sp³-hybridized carbons (Fsp3) is 0.300. The second-order valence-electron chi connectivity index (χ2n) is 7.04. The number of halogens is 2. The number of hydrogen-bond donors (Lipinski definition) is 2. The molecule has 2 heterocycles. The van der Waals surface area contributed by atoms with Crippen LogP contribution >= 0.6 is 15.9 Å². The highest BCUT2D eigenvalue weighted by atomic mass is 79.9. The van der Waals surface area contributed by atoms with Gasteiger partial charge >= 0.3 is 0 Å². The van der Waals surface area contributed by atoms with Gasteiger partial charge in [0, 0.05) is 36.1 Å². The van der Waals surface area contributed by atoms with Crippen LogP contribution < -0.4 is 10.6 Å². The number of rotatable bonds is 2. The van der Waals surface area contributed by atoms with E-state index in [1.807, 2.05) is 12.1 Å². The van der Waals surface area contributed by atoms with Crippen LogP contribution in [0.1, 0.15) is 28.8 Å². The number of nitrogens with one attached hydrogen (secondary N) is 2. The number of benzene rings is 2. The molecule has 2 aliphatic rings. The van der Waals surface area contributed by atoms with E-state index in [2.05, 4.69) is 26.6 Å². The van der Waals surface area contributed by atoms with Gasteiger partial charge in [-0.3, -0.25) is 9.59 Å². The van der Waals surface area contributed by atoms with E-state index in [4.69, 9.17) is 0 Å². The van der Waals surface area contributed by atoms with E-state index < -0.39 is 5.66 Å². The van der Waals surface area contributed by atoms with E-state index in [1.165, 1.54) is 12.1 Å². The van der Waals surface area contributed by atoms with Crippen molar-refractivity contribution in [1.29, 1.82) is 0 Å². The van der Waals surface area contributed by atoms with Gasteiger partial charge < -0.3 is 15.5 Å². The molecule has 2 N–H and O–H groups in total. The molecule has 140 valence electrons. The molecule has 1 spiro atoms. The highest BCUT2D eigenvalue weighted by Gasteiger charge is 2.40. The number of anilines is 1. The lowest BCUT2D eigenvalue weighted by Crippen LogP contribution is -2.62. The van der Waals surface area contributed by atoms with Crippen molar-refractivity contribution in [2.75, 3.05) is 18.4 Å². The minimum Gasteiger partial charge on any atom is -0.362 e. The monoisotopic (exact) mass is 431 g/mol. The summed E-state index contributed by atoms with van der Waals surface area (Å²) in [5.41, 5.74) is 1.70. The summed E-state index contributed by atoms with van der Waals surface area (Å²) in [5, 5.41) is 6.53. The van der Waals surface area contributed by atoms with Crippen LogP contribution in [0, 0.1) is 5.82 Å². The largest absolute Gasteiger partial charge is 0.362 e. The zero-order valence-electron chi connectivity index (χ0n) is 14.6. The standard InChI is InChI=1S/C20H19BrFN3O2/c21-14-3-6-17-16(12-14)19(27)24-20(23-17)7-9-25(10-8-20)18(26)11-13-1-4-15(22)5-2-13/h1-6,12,23H,7-11H2,(H,24,27). The summed E-state index contributed by atoms with van der Waals surface area (Å²) in [6.07, 6.45) is 1.51. The summed E-state index contributed by atoms with van der Waals surface area (Å²) >= 11 is 3.39. The van der Waals surface area contributed by atoms with Gasteiger partial charge in [-0.25, -0.2) is 4.39 Å². The summed E-state index contributed by atoms with van der Waals surface area (Å²) in [6.45, 7) is 1.11. The van der Waals surface area contributed by atoms with Gasteiger partial charge in [-0.15, -0.1) is 0 Å². The van der Waals surface area contributed by atoms with E-state index in [0.717, 1.165) is 15.7 Å². The first-order chi connectivity index (χ1) is 12.9. The van der Waals surface area contributed by atoms with Crippen LogP contribution in [0.4, 0.5) is 10.1 Å². The topological polar surface area (TPSA) is 61.4 Å². The molecule has 0 saturated carbocycles. The Morgan fingerprint density at radius 2 is 1.81 bits per heavy atom. The van der Waals surface area contributed by atoms with E-state index in [9.17, 15) is 14.0 Å². The second kappa shape index (κ2) is 6.96. The van der Waals surface area contributed by atoms with E-state index in [0.29, 0.717) is 31.5 Å². The van der Waals surface area contributed by atoms with Gasteiger partial charge in [-0.1, -0.05) is 28.1 Å². The quantitative estimate of drug-likeness (QED) is 0.766. The molecule has 1 fully saturated rings. The third-order valence-corrected chi connectivity index (χ3v) is 5.68. The SMILES string of the molecule is O=C1NC2(CCN(C(=O)Cc3ccc(F)cc3)CC2)Nc2ccc(Br)cc21. The molecule has 0 atom stereocenters. The third-order valence-electron chi connectivity index (χ3n) is 5.19. The zero-order valence-corrected chi connectivity index (χ0v) is 16.2. The van der Waals surface area contributed by atoms with Crippen molar-refractivity contribution >= 4 is 33.4 Å². The summed E-state index contributed by atoms with van der Waals surface area (Å²) in [7, 11) is 0. The van der Waals surface area contributed by atoms with E-state index >= 15 is 0 Å². The van der Waals surface area contributed by atoms with Crippen molar-refractivity contribution in [2.45, 2.75) is 24.9 Å². The highest BCUT2D eigenvalue weighted by molar-refractivity contribution is 9.10. The van der Waals surface area contributed by atoms with Crippen molar-refractivity contribution in [3.05, 3.63) is 63.9 Å². The lowest BCUT2D eigenvalue weighted by atomic mass is 9.92. The van der Waals surface area contributed by atoms with Gasteiger partial charge in [0.1, 0.15) is 11.5 Å². The molecular weight excluding hydrogens is 413 g/mol. The van der Waals surface area contributed by atoms with Crippen molar-refractivity contribution in [1.82, 2.24) is 10.2 Å². The Balaban J connectivity index is 1.41. The number of likely N-dealkylation sites (tertiary alicyclic amines) is 1. The molecule has 27 heavy (non-hydrogen) atoms. The molecule has 2 aliphatic heterocycles. The maximum absolute atomic E-state index is 13.0. The number of carbonyl (C=O) groups is 2. The average molecular weight is 432 g/mol. The van der Waals surface area contributed by atoms with Crippen LogP contribution in [0.25, 0.3) is 0 Å². The van der Waals surface area contributed by atoms with Crippen molar-refractivity contribution in [2.24, 2.45) is 0 Å². The van der Waals surface area contributed by atoms with Crippen molar-refractivity contribution < 1.29 is 14.0 Å². The van der Waals surface area contributed by atoms with Crippen LogP contribution in [-0.2, 0) is 11.2 Å². The third kappa shape index (κ3) is 3.69. The summed E-state index contributed by atoms with van der Waals surface area (Å²) < 4.78 is 13.9. The van der Waals surface area contributed by atoms with Crippen molar-refractivity contribution in [3.8, 4) is 0 Å². The maximum atomic E-state index is 13.0. The molecule has 1 saturated heterocycles. The molecule has 4 rings (SSSR count). The number of nitrogens with zero attached hydrogens (tertiary/aromatic N) is 1. The fourth-order valence-corrected chi connectivity index (χ4v) is 4.02. The first kappa shape index (κ1) is 18.0. The normalized spacial score (nSPS) is 17.9. The molecule has 0 bridgehead atoms. The summed E-state index contributed by atoms with van der Waals surface area (Å²) in [4.78, 5) is 26.9. The molecular formula is C20H19BrFN3O2. The number of fused-ring (bicyclic) bond motifs is 1. The molecule has 0 aliphatic carbocycles. The Morgan fingerprint density at radius 1 is 1.11 bits per heavy atom. The van der Waals surface area contributed by atoms with E-state index in [-0.39, 0.29) is 24.1 Å². The number of piperidine rings is 1. The second-order valence-corrected chi connectivity index (χ2v) is 7.95. The van der Waals surface area contributed by atoms with E-state index in [1.54, 1.807) is 23.1 Å². The van der Waals surface area contributed by atoms with Gasteiger partial charge in [0.2, 0.25) is 5.91 Å². The lowest BCUT2D eigenvalue weighted by molar-refractivity contribution is -0.132. The summed E-state index contributed by atoms with van der Waals surface area (Å²) in [6, 6.07) is 11.6. The molecule has 2 amide bonds. The predicted molar refractivity (Wildman–Crippen MR) is 104 cm³/mol. The zero-order chi connectivity index (χ0) is 19.0. The highest BCUT2D eigenvalue weighted by Crippen LogP contribution is 2.32. The average Bonchev–Trinajstić information content (AvgIpc) is 2.65. The van der Waals surface area contributed by atoms with Gasteiger partial charge in [0.05, 0.1) is 12.0 Å². The van der Waals surface area contributed by atoms with Gasteiger partial charge in [-0.2, -0.15) is 0 Å². The Morgan fingerprint density at radius 3 is 2.52 bits per heavy atom. The van der Waals surface area contributed by atoms with Gasteiger partial charge in [-0.05, 0) is 35.9 Å². The molecule has 0 aromatic heterocycles. The maximum Gasteiger partial charge on any atom is 0.255 e. The number of hydrogen-bond acceptors (Lipinski definition) is 3. The molecule has 0 radical (unpaired) electrons. The molecule has 2 aromatic carbocycles. The minimum absolute atomic E-state index is 0.0166. The summed E-state index contributed by atoms with van der Waals surface area (Å²) in [5.74, 6) is -0.392. The Kier molecular flexibility index (Phi) is 4.63. The smallest absolute Gasteiger partial charge is 0.255 e. The first-order valence-electron chi connectivity index (χ1n) is 8.87. The van der Waals surface area contributed by atoms with Crippen LogP contribution in [-0.4, -0.2) is 35.5 Å². The fourth-order valence-electron chi connectivity index (χ4n) is 3.66. The molecule has 5 nitrogen and oxygen atoms in total. The predicted octanol–water partition coefficient (Wildman–Crippen LogP) is 3.30. The van der Waals surface area contributed by atoms with Crippen LogP contribution in [0.15, 0.2) is 46.9 Å². The van der Waals surface area contributed by atoms with Gasteiger partial charge in [0.25, 0.3) is 5.91 Å². The number of carbonyl (C=O) groups excluding carboxylic acids is 2. The molecule has 2 aromatic rings. The lowest BCUT2D eigenvalue weighted by Gasteiger charge is -2.46. The molecule has 0 unspecified atom stereocenters. The van der Waals surface area contributed by atoms with Crippen LogP contribution in [0.3, 0.4) is 0 Å². The minimum atomic E-state index is -0.523. The first-order valence-corrected chi connectivity index (χ1v) is 9.66. The Labute approximate surface area is 165 Å². The molecule has 7 heteroatoms. The Bertz CT molecular complexity index is 893. The van der Waals surface area contributed by atoms with Crippen LogP contribution in [0.2, 0.25) is 0 Å². The van der Waals surface area contributed by atoms with Gasteiger partial charge in [0.15, 0.2) is 0 Å².